The van der Waals surface area contributed by atoms with Gasteiger partial charge in [0.25, 0.3) is 0 Å². The number of carbonyl (C=O) groups excluding carboxylic acids is 1. The first-order valence-electron chi connectivity index (χ1n) is 9.93. The Morgan fingerprint density at radius 3 is 2.52 bits per heavy atom. The molecule has 0 bridgehead atoms. The lowest BCUT2D eigenvalue weighted by molar-refractivity contribution is 0.118. The van der Waals surface area contributed by atoms with Crippen LogP contribution in [-0.4, -0.2) is 23.7 Å². The minimum Gasteiger partial charge on any atom is -0.407 e. The summed E-state index contributed by atoms with van der Waals surface area (Å²) in [6, 6.07) is 20.3. The van der Waals surface area contributed by atoms with Gasteiger partial charge in [0, 0.05) is 13.2 Å². The molecule has 0 saturated carbocycles. The van der Waals surface area contributed by atoms with Gasteiger partial charge in [0.1, 0.15) is 11.3 Å². The standard InChI is InChI=1S/C24H21FN2O4/c25-20-10-7-18(8-11-20)19-9-12-22-21(15-19)27(24(29)31-22)23(28)26-13-4-14-30-16-17-5-2-1-3-6-17/h1-3,5-12,15H,4,13-14,16H2,(H,26,28). The van der Waals surface area contributed by atoms with Crippen molar-refractivity contribution in [2.75, 3.05) is 13.2 Å². The average molecular weight is 420 g/mol. The van der Waals surface area contributed by atoms with E-state index >= 15 is 0 Å². The molecule has 0 spiro atoms. The van der Waals surface area contributed by atoms with Crippen molar-refractivity contribution >= 4 is 17.1 Å². The topological polar surface area (TPSA) is 73.5 Å². The van der Waals surface area contributed by atoms with Crippen molar-refractivity contribution < 1.29 is 18.3 Å². The first-order valence-corrected chi connectivity index (χ1v) is 9.93. The minimum absolute atomic E-state index is 0.303. The largest absolute Gasteiger partial charge is 0.428 e. The predicted molar refractivity (Wildman–Crippen MR) is 115 cm³/mol. The van der Waals surface area contributed by atoms with Gasteiger partial charge in [-0.2, -0.15) is 4.57 Å². The fourth-order valence-electron chi connectivity index (χ4n) is 3.24. The maximum atomic E-state index is 13.2. The Balaban J connectivity index is 1.39. The van der Waals surface area contributed by atoms with Crippen LogP contribution in [0, 0.1) is 5.82 Å². The van der Waals surface area contributed by atoms with E-state index < -0.39 is 11.8 Å². The SMILES string of the molecule is O=C(NCCCOCc1ccccc1)n1c(=O)oc2ccc(-c3ccc(F)cc3)cc21. The number of amides is 1. The first kappa shape index (κ1) is 20.6. The second-order valence-corrected chi connectivity index (χ2v) is 7.02. The molecule has 3 aromatic carbocycles. The molecule has 0 aliphatic carbocycles. The Bertz CT molecular complexity index is 1230. The van der Waals surface area contributed by atoms with Gasteiger partial charge < -0.3 is 14.5 Å². The zero-order valence-corrected chi connectivity index (χ0v) is 16.7. The van der Waals surface area contributed by atoms with E-state index in [4.69, 9.17) is 9.15 Å². The molecule has 6 nitrogen and oxygen atoms in total. The van der Waals surface area contributed by atoms with Crippen LogP contribution in [0.5, 0.6) is 0 Å². The van der Waals surface area contributed by atoms with Crippen LogP contribution in [0.15, 0.2) is 82.0 Å². The summed E-state index contributed by atoms with van der Waals surface area (Å²) in [5.41, 5.74) is 3.24. The molecule has 0 saturated heterocycles. The van der Waals surface area contributed by atoms with Gasteiger partial charge in [0.2, 0.25) is 0 Å². The first-order chi connectivity index (χ1) is 15.1. The number of benzene rings is 3. The highest BCUT2D eigenvalue weighted by molar-refractivity contribution is 5.90. The third kappa shape index (κ3) is 4.90. The number of halogens is 1. The number of fused-ring (bicyclic) bond motifs is 1. The summed E-state index contributed by atoms with van der Waals surface area (Å²) in [5, 5.41) is 2.72. The highest BCUT2D eigenvalue weighted by Crippen LogP contribution is 2.24. The van der Waals surface area contributed by atoms with Crippen LogP contribution in [0.4, 0.5) is 9.18 Å². The van der Waals surface area contributed by atoms with Crippen LogP contribution in [0.1, 0.15) is 12.0 Å². The number of ether oxygens (including phenoxy) is 1. The summed E-state index contributed by atoms with van der Waals surface area (Å²) in [7, 11) is 0. The smallest absolute Gasteiger partial charge is 0.407 e. The number of carbonyl (C=O) groups is 1. The third-order valence-corrected chi connectivity index (χ3v) is 4.81. The van der Waals surface area contributed by atoms with Crippen LogP contribution in [0.25, 0.3) is 22.2 Å². The Morgan fingerprint density at radius 2 is 1.74 bits per heavy atom. The van der Waals surface area contributed by atoms with Crippen LogP contribution in [0.2, 0.25) is 0 Å². The lowest BCUT2D eigenvalue weighted by atomic mass is 10.1. The number of aromatic nitrogens is 1. The molecule has 0 atom stereocenters. The fraction of sp³-hybridized carbons (Fsp3) is 0.167. The summed E-state index contributed by atoms with van der Waals surface area (Å²) in [4.78, 5) is 24.8. The zero-order chi connectivity index (χ0) is 21.6. The van der Waals surface area contributed by atoms with Crippen molar-refractivity contribution in [2.45, 2.75) is 13.0 Å². The Labute approximate surface area is 177 Å². The van der Waals surface area contributed by atoms with Crippen molar-refractivity contribution in [3.8, 4) is 11.1 Å². The number of rotatable bonds is 7. The third-order valence-electron chi connectivity index (χ3n) is 4.81. The van der Waals surface area contributed by atoms with Crippen molar-refractivity contribution in [3.63, 3.8) is 0 Å². The molecule has 1 N–H and O–H groups in total. The lowest BCUT2D eigenvalue weighted by Gasteiger charge is -2.07. The van der Waals surface area contributed by atoms with Gasteiger partial charge in [-0.05, 0) is 47.4 Å². The molecule has 4 aromatic rings. The van der Waals surface area contributed by atoms with E-state index in [0.717, 1.165) is 21.3 Å². The van der Waals surface area contributed by atoms with Gasteiger partial charge in [0.15, 0.2) is 5.58 Å². The summed E-state index contributed by atoms with van der Waals surface area (Å²) < 4.78 is 24.9. The van der Waals surface area contributed by atoms with E-state index in [-0.39, 0.29) is 5.82 Å². The van der Waals surface area contributed by atoms with Crippen molar-refractivity contribution in [2.24, 2.45) is 0 Å². The van der Waals surface area contributed by atoms with Crippen LogP contribution < -0.4 is 11.1 Å². The van der Waals surface area contributed by atoms with Crippen molar-refractivity contribution in [1.29, 1.82) is 0 Å². The van der Waals surface area contributed by atoms with Gasteiger partial charge in [-0.3, -0.25) is 0 Å². The molecule has 0 fully saturated rings. The monoisotopic (exact) mass is 420 g/mol. The maximum absolute atomic E-state index is 13.2. The average Bonchev–Trinajstić information content (AvgIpc) is 3.12. The molecule has 0 aliphatic rings. The normalized spacial score (nSPS) is 11.0. The Hall–Kier alpha value is -3.71. The van der Waals surface area contributed by atoms with Crippen LogP contribution in [0.3, 0.4) is 0 Å². The molecule has 7 heteroatoms. The van der Waals surface area contributed by atoms with Gasteiger partial charge in [-0.15, -0.1) is 0 Å². The summed E-state index contributed by atoms with van der Waals surface area (Å²) in [6.45, 7) is 1.34. The van der Waals surface area contributed by atoms with E-state index in [2.05, 4.69) is 5.32 Å². The number of hydrogen-bond acceptors (Lipinski definition) is 4. The molecule has 31 heavy (non-hydrogen) atoms. The molecule has 158 valence electrons. The number of hydrogen-bond donors (Lipinski definition) is 1. The molecule has 1 heterocycles. The molecule has 4 rings (SSSR count). The van der Waals surface area contributed by atoms with E-state index in [1.807, 2.05) is 30.3 Å². The van der Waals surface area contributed by atoms with Gasteiger partial charge in [0.05, 0.1) is 6.61 Å². The molecule has 0 unspecified atom stereocenters. The zero-order valence-electron chi connectivity index (χ0n) is 16.7. The number of nitrogens with one attached hydrogen (secondary N) is 1. The number of nitrogens with zero attached hydrogens (tertiary/aromatic N) is 1. The molecular weight excluding hydrogens is 399 g/mol. The molecule has 0 radical (unpaired) electrons. The summed E-state index contributed by atoms with van der Waals surface area (Å²) >= 11 is 0. The molecule has 1 amide bonds. The number of oxazole rings is 1. The van der Waals surface area contributed by atoms with Crippen LogP contribution >= 0.6 is 0 Å². The van der Waals surface area contributed by atoms with Gasteiger partial charge in [-0.1, -0.05) is 48.5 Å². The molecule has 0 aliphatic heterocycles. The molecule has 1 aromatic heterocycles. The van der Waals surface area contributed by atoms with E-state index in [1.165, 1.54) is 12.1 Å². The minimum atomic E-state index is -0.760. The maximum Gasteiger partial charge on any atom is 0.428 e. The van der Waals surface area contributed by atoms with E-state index in [1.54, 1.807) is 30.3 Å². The fourth-order valence-corrected chi connectivity index (χ4v) is 3.24. The van der Waals surface area contributed by atoms with Crippen molar-refractivity contribution in [1.82, 2.24) is 9.88 Å². The lowest BCUT2D eigenvalue weighted by Crippen LogP contribution is -2.35. The highest BCUT2D eigenvalue weighted by Gasteiger charge is 2.16. The second kappa shape index (κ2) is 9.40. The predicted octanol–water partition coefficient (Wildman–Crippen LogP) is 4.57. The Morgan fingerprint density at radius 1 is 1.00 bits per heavy atom. The van der Waals surface area contributed by atoms with Crippen molar-refractivity contribution in [3.05, 3.63) is 94.7 Å². The second-order valence-electron chi connectivity index (χ2n) is 7.02. The Kier molecular flexibility index (Phi) is 6.24. The van der Waals surface area contributed by atoms with E-state index in [0.29, 0.717) is 37.3 Å². The van der Waals surface area contributed by atoms with E-state index in [9.17, 15) is 14.0 Å². The van der Waals surface area contributed by atoms with Gasteiger partial charge >= 0.3 is 11.8 Å². The molecular formula is C24H21FN2O4. The summed E-state index contributed by atoms with van der Waals surface area (Å²) in [6.07, 6.45) is 0.601. The highest BCUT2D eigenvalue weighted by atomic mass is 19.1. The quantitative estimate of drug-likeness (QED) is 0.445. The van der Waals surface area contributed by atoms with Crippen LogP contribution in [-0.2, 0) is 11.3 Å². The van der Waals surface area contributed by atoms with Gasteiger partial charge in [-0.25, -0.2) is 14.0 Å². The summed E-state index contributed by atoms with van der Waals surface area (Å²) in [5.74, 6) is -1.10.